The van der Waals surface area contributed by atoms with Crippen LogP contribution in [0.15, 0.2) is 48.7 Å². The van der Waals surface area contributed by atoms with Crippen molar-refractivity contribution in [2.75, 3.05) is 0 Å². The van der Waals surface area contributed by atoms with Crippen molar-refractivity contribution < 1.29 is 5.11 Å². The molecule has 1 unspecified atom stereocenters. The molecule has 1 aromatic carbocycles. The Morgan fingerprint density at radius 1 is 1.16 bits per heavy atom. The number of para-hydroxylation sites is 1. The highest BCUT2D eigenvalue weighted by atomic mass is 35.5. The van der Waals surface area contributed by atoms with Crippen molar-refractivity contribution in [3.05, 3.63) is 63.6 Å². The smallest absolute Gasteiger partial charge is 0.132 e. The van der Waals surface area contributed by atoms with E-state index in [1.165, 1.54) is 11.3 Å². The highest BCUT2D eigenvalue weighted by Crippen LogP contribution is 2.31. The van der Waals surface area contributed by atoms with Crippen molar-refractivity contribution in [2.45, 2.75) is 6.10 Å². The van der Waals surface area contributed by atoms with Gasteiger partial charge in [-0.3, -0.25) is 0 Å². The monoisotopic (exact) mass is 291 g/mol. The SMILES string of the molecule is OC(c1ccc(Cl)s1)c1cnnn1-c1ccccc1. The van der Waals surface area contributed by atoms with Gasteiger partial charge >= 0.3 is 0 Å². The minimum absolute atomic E-state index is 0.615. The molecule has 6 heteroatoms. The number of thiophene rings is 1. The number of aliphatic hydroxyl groups is 1. The fourth-order valence-electron chi connectivity index (χ4n) is 1.82. The second-order valence-corrected chi connectivity index (χ2v) is 5.70. The van der Waals surface area contributed by atoms with E-state index in [1.807, 2.05) is 30.3 Å². The lowest BCUT2D eigenvalue weighted by Crippen LogP contribution is -2.07. The number of rotatable bonds is 3. The molecule has 2 heterocycles. The molecule has 0 bridgehead atoms. The van der Waals surface area contributed by atoms with E-state index < -0.39 is 6.10 Å². The van der Waals surface area contributed by atoms with Crippen LogP contribution in [0.5, 0.6) is 0 Å². The van der Waals surface area contributed by atoms with E-state index in [2.05, 4.69) is 10.3 Å². The number of hydrogen-bond acceptors (Lipinski definition) is 4. The molecule has 0 radical (unpaired) electrons. The maximum Gasteiger partial charge on any atom is 0.132 e. The van der Waals surface area contributed by atoms with E-state index >= 15 is 0 Å². The van der Waals surface area contributed by atoms with Gasteiger partial charge in [-0.25, -0.2) is 4.68 Å². The zero-order valence-corrected chi connectivity index (χ0v) is 11.3. The van der Waals surface area contributed by atoms with Gasteiger partial charge < -0.3 is 5.11 Å². The minimum Gasteiger partial charge on any atom is -0.381 e. The highest BCUT2D eigenvalue weighted by molar-refractivity contribution is 7.16. The molecule has 4 nitrogen and oxygen atoms in total. The summed E-state index contributed by atoms with van der Waals surface area (Å²) in [5.74, 6) is 0. The van der Waals surface area contributed by atoms with Crippen LogP contribution in [0, 0.1) is 0 Å². The van der Waals surface area contributed by atoms with Crippen molar-refractivity contribution >= 4 is 22.9 Å². The van der Waals surface area contributed by atoms with E-state index in [1.54, 1.807) is 23.0 Å². The average Bonchev–Trinajstić information content (AvgIpc) is 3.07. The van der Waals surface area contributed by atoms with Gasteiger partial charge in [0.2, 0.25) is 0 Å². The Balaban J connectivity index is 2.01. The first-order valence-electron chi connectivity index (χ1n) is 5.65. The summed E-state index contributed by atoms with van der Waals surface area (Å²) >= 11 is 7.24. The largest absolute Gasteiger partial charge is 0.381 e. The Labute approximate surface area is 118 Å². The fraction of sp³-hybridized carbons (Fsp3) is 0.0769. The molecular formula is C13H10ClN3OS. The van der Waals surface area contributed by atoms with E-state index in [-0.39, 0.29) is 0 Å². The molecule has 0 saturated heterocycles. The second-order valence-electron chi connectivity index (χ2n) is 3.95. The molecule has 2 aromatic heterocycles. The second kappa shape index (κ2) is 5.13. The standard InChI is InChI=1S/C13H10ClN3OS/c14-12-7-6-11(19-12)13(18)10-8-15-16-17(10)9-4-2-1-3-5-9/h1-8,13,18H. The van der Waals surface area contributed by atoms with Gasteiger partial charge in [-0.05, 0) is 24.3 Å². The molecule has 96 valence electrons. The Kier molecular flexibility index (Phi) is 3.33. The highest BCUT2D eigenvalue weighted by Gasteiger charge is 2.18. The normalized spacial score (nSPS) is 12.5. The van der Waals surface area contributed by atoms with Gasteiger partial charge in [0.25, 0.3) is 0 Å². The van der Waals surface area contributed by atoms with Gasteiger partial charge in [-0.1, -0.05) is 35.0 Å². The van der Waals surface area contributed by atoms with Crippen LogP contribution in [-0.4, -0.2) is 20.1 Å². The molecule has 0 spiro atoms. The zero-order valence-electron chi connectivity index (χ0n) is 9.77. The fourth-order valence-corrected chi connectivity index (χ4v) is 2.88. The zero-order chi connectivity index (χ0) is 13.2. The lowest BCUT2D eigenvalue weighted by atomic mass is 10.2. The summed E-state index contributed by atoms with van der Waals surface area (Å²) in [5.41, 5.74) is 1.47. The summed E-state index contributed by atoms with van der Waals surface area (Å²) in [6, 6.07) is 13.1. The summed E-state index contributed by atoms with van der Waals surface area (Å²) in [6.07, 6.45) is 0.776. The first-order valence-corrected chi connectivity index (χ1v) is 6.84. The van der Waals surface area contributed by atoms with Crippen molar-refractivity contribution in [3.63, 3.8) is 0 Å². The van der Waals surface area contributed by atoms with E-state index in [9.17, 15) is 5.11 Å². The predicted octanol–water partition coefficient (Wildman–Crippen LogP) is 3.06. The number of benzene rings is 1. The third kappa shape index (κ3) is 2.40. The third-order valence-electron chi connectivity index (χ3n) is 2.72. The number of nitrogens with zero attached hydrogens (tertiary/aromatic N) is 3. The molecule has 0 aliphatic carbocycles. The molecule has 1 atom stereocenters. The van der Waals surface area contributed by atoms with Crippen LogP contribution in [0.25, 0.3) is 5.69 Å². The van der Waals surface area contributed by atoms with Crippen LogP contribution in [0.2, 0.25) is 4.34 Å². The Morgan fingerprint density at radius 3 is 2.63 bits per heavy atom. The van der Waals surface area contributed by atoms with Crippen molar-refractivity contribution in [1.82, 2.24) is 15.0 Å². The molecule has 0 amide bonds. The molecular weight excluding hydrogens is 282 g/mol. The Hall–Kier alpha value is -1.69. The Bertz CT molecular complexity index is 680. The van der Waals surface area contributed by atoms with Gasteiger partial charge in [-0.2, -0.15) is 0 Å². The van der Waals surface area contributed by atoms with Crippen LogP contribution in [0.1, 0.15) is 16.7 Å². The van der Waals surface area contributed by atoms with Gasteiger partial charge in [0.05, 0.1) is 21.9 Å². The van der Waals surface area contributed by atoms with Crippen LogP contribution in [0.3, 0.4) is 0 Å². The maximum absolute atomic E-state index is 10.4. The lowest BCUT2D eigenvalue weighted by Gasteiger charge is -2.10. The molecule has 0 aliphatic rings. The van der Waals surface area contributed by atoms with Crippen molar-refractivity contribution in [1.29, 1.82) is 0 Å². The number of halogens is 1. The first-order chi connectivity index (χ1) is 9.25. The van der Waals surface area contributed by atoms with Gasteiger partial charge in [0.1, 0.15) is 6.10 Å². The van der Waals surface area contributed by atoms with E-state index in [4.69, 9.17) is 11.6 Å². The van der Waals surface area contributed by atoms with Gasteiger partial charge in [-0.15, -0.1) is 16.4 Å². The molecule has 3 aromatic rings. The Morgan fingerprint density at radius 2 is 1.95 bits per heavy atom. The van der Waals surface area contributed by atoms with Crippen molar-refractivity contribution in [3.8, 4) is 5.69 Å². The van der Waals surface area contributed by atoms with Crippen LogP contribution in [0.4, 0.5) is 0 Å². The van der Waals surface area contributed by atoms with Crippen LogP contribution < -0.4 is 0 Å². The lowest BCUT2D eigenvalue weighted by molar-refractivity contribution is 0.216. The van der Waals surface area contributed by atoms with E-state index in [0.29, 0.717) is 10.0 Å². The maximum atomic E-state index is 10.4. The molecule has 3 rings (SSSR count). The first kappa shape index (κ1) is 12.3. The summed E-state index contributed by atoms with van der Waals surface area (Å²) in [4.78, 5) is 0.768. The molecule has 19 heavy (non-hydrogen) atoms. The number of aliphatic hydroxyl groups excluding tert-OH is 1. The summed E-state index contributed by atoms with van der Waals surface area (Å²) in [7, 11) is 0. The number of aromatic nitrogens is 3. The van der Waals surface area contributed by atoms with Gasteiger partial charge in [0.15, 0.2) is 0 Å². The summed E-state index contributed by atoms with van der Waals surface area (Å²) < 4.78 is 2.27. The molecule has 0 fully saturated rings. The van der Waals surface area contributed by atoms with Crippen LogP contribution in [-0.2, 0) is 0 Å². The molecule has 1 N–H and O–H groups in total. The van der Waals surface area contributed by atoms with E-state index in [0.717, 1.165) is 10.6 Å². The number of hydrogen-bond donors (Lipinski definition) is 1. The summed E-state index contributed by atoms with van der Waals surface area (Å²) in [6.45, 7) is 0. The average molecular weight is 292 g/mol. The topological polar surface area (TPSA) is 50.9 Å². The summed E-state index contributed by atoms with van der Waals surface area (Å²) in [5, 5.41) is 18.3. The third-order valence-corrected chi connectivity index (χ3v) is 4.00. The van der Waals surface area contributed by atoms with Crippen LogP contribution >= 0.6 is 22.9 Å². The predicted molar refractivity (Wildman–Crippen MR) is 74.7 cm³/mol. The molecule has 0 aliphatic heterocycles. The quantitative estimate of drug-likeness (QED) is 0.807. The van der Waals surface area contributed by atoms with Gasteiger partial charge in [0, 0.05) is 4.88 Å². The molecule has 0 saturated carbocycles. The van der Waals surface area contributed by atoms with Crippen molar-refractivity contribution in [2.24, 2.45) is 0 Å². The minimum atomic E-state index is -0.785.